The summed E-state index contributed by atoms with van der Waals surface area (Å²) in [7, 11) is 0. The van der Waals surface area contributed by atoms with Crippen LogP contribution in [0.15, 0.2) is 60.7 Å². The second-order valence-corrected chi connectivity index (χ2v) is 8.61. The summed E-state index contributed by atoms with van der Waals surface area (Å²) in [5.41, 5.74) is 8.37. The molecule has 3 aliphatic rings. The van der Waals surface area contributed by atoms with E-state index in [0.29, 0.717) is 12.8 Å². The van der Waals surface area contributed by atoms with Crippen LogP contribution in [0, 0.1) is 6.92 Å². The van der Waals surface area contributed by atoms with Crippen molar-refractivity contribution in [3.8, 4) is 22.6 Å². The first-order valence-corrected chi connectivity index (χ1v) is 10.6. The molecule has 0 amide bonds. The first kappa shape index (κ1) is 17.1. The summed E-state index contributed by atoms with van der Waals surface area (Å²) in [6, 6.07) is 22.9. The van der Waals surface area contributed by atoms with E-state index < -0.39 is 0 Å². The average molecular weight is 383 g/mol. The van der Waals surface area contributed by atoms with Gasteiger partial charge in [-0.2, -0.15) is 0 Å². The van der Waals surface area contributed by atoms with Crippen LogP contribution >= 0.6 is 0 Å². The fourth-order valence-corrected chi connectivity index (χ4v) is 5.32. The lowest BCUT2D eigenvalue weighted by atomic mass is 9.94. The van der Waals surface area contributed by atoms with E-state index in [-0.39, 0.29) is 0 Å². The van der Waals surface area contributed by atoms with Crippen molar-refractivity contribution in [1.82, 2.24) is 4.90 Å². The Bertz CT molecular complexity index is 1090. The van der Waals surface area contributed by atoms with E-state index >= 15 is 0 Å². The molecule has 2 heterocycles. The largest absolute Gasteiger partial charge is 0.454 e. The minimum absolute atomic E-state index is 0.335. The molecule has 1 fully saturated rings. The molecule has 0 unspecified atom stereocenters. The van der Waals surface area contributed by atoms with Crippen LogP contribution in [0.2, 0.25) is 0 Å². The van der Waals surface area contributed by atoms with E-state index in [2.05, 4.69) is 66.4 Å². The van der Waals surface area contributed by atoms with Crippen LogP contribution in [-0.4, -0.2) is 18.2 Å². The lowest BCUT2D eigenvalue weighted by molar-refractivity contribution is 0.144. The Morgan fingerprint density at radius 1 is 0.897 bits per heavy atom. The molecule has 3 aromatic carbocycles. The molecule has 3 heteroatoms. The minimum atomic E-state index is 0.335. The second-order valence-electron chi connectivity index (χ2n) is 8.61. The van der Waals surface area contributed by atoms with E-state index in [9.17, 15) is 0 Å². The minimum Gasteiger partial charge on any atom is -0.454 e. The predicted octanol–water partition coefficient (Wildman–Crippen LogP) is 5.83. The highest BCUT2D eigenvalue weighted by Crippen LogP contribution is 2.50. The van der Waals surface area contributed by atoms with Crippen LogP contribution in [0.25, 0.3) is 11.1 Å². The van der Waals surface area contributed by atoms with Gasteiger partial charge in [-0.15, -0.1) is 0 Å². The fraction of sp³-hybridized carbons (Fsp3) is 0.308. The van der Waals surface area contributed by atoms with Crippen molar-refractivity contribution < 1.29 is 9.47 Å². The third kappa shape index (κ3) is 2.92. The number of rotatable bonds is 3. The van der Waals surface area contributed by atoms with E-state index in [1.165, 1.54) is 40.7 Å². The van der Waals surface area contributed by atoms with Crippen molar-refractivity contribution in [3.63, 3.8) is 0 Å². The van der Waals surface area contributed by atoms with Gasteiger partial charge in [0.25, 0.3) is 0 Å². The number of aryl methyl sites for hydroxylation is 1. The molecule has 2 bridgehead atoms. The summed E-state index contributed by atoms with van der Waals surface area (Å²) in [5, 5.41) is 0. The summed E-state index contributed by atoms with van der Waals surface area (Å²) >= 11 is 0. The molecule has 6 rings (SSSR count). The lowest BCUT2D eigenvalue weighted by Crippen LogP contribution is -2.31. The van der Waals surface area contributed by atoms with Crippen LogP contribution in [0.1, 0.15) is 47.1 Å². The van der Waals surface area contributed by atoms with Crippen molar-refractivity contribution in [2.45, 2.75) is 38.3 Å². The number of ether oxygens (including phenoxy) is 2. The molecular weight excluding hydrogens is 358 g/mol. The monoisotopic (exact) mass is 383 g/mol. The van der Waals surface area contributed by atoms with E-state index in [1.807, 2.05) is 6.07 Å². The van der Waals surface area contributed by atoms with E-state index in [4.69, 9.17) is 9.47 Å². The first-order valence-electron chi connectivity index (χ1n) is 10.6. The molecule has 29 heavy (non-hydrogen) atoms. The molecule has 0 N–H and O–H groups in total. The Balaban J connectivity index is 1.31. The Kier molecular flexibility index (Phi) is 3.91. The summed E-state index contributed by atoms with van der Waals surface area (Å²) in [5.74, 6) is 2.46. The highest BCUT2D eigenvalue weighted by atomic mass is 16.7. The van der Waals surface area contributed by atoms with Gasteiger partial charge in [0.2, 0.25) is 6.79 Å². The Morgan fingerprint density at radius 3 is 2.72 bits per heavy atom. The third-order valence-electron chi connectivity index (χ3n) is 6.77. The highest BCUT2D eigenvalue weighted by Gasteiger charge is 2.38. The SMILES string of the molecule is Cc1cccc(-c2ccc3c(c2)[C@H]2C[C@H]3CCN2Cc2ccc3c(c2)OCO3)c1. The number of likely N-dealkylation sites (tertiary alicyclic amines) is 1. The van der Waals surface area contributed by atoms with Gasteiger partial charge in [0.05, 0.1) is 0 Å². The zero-order valence-corrected chi connectivity index (χ0v) is 16.7. The highest BCUT2D eigenvalue weighted by molar-refractivity contribution is 5.66. The predicted molar refractivity (Wildman–Crippen MR) is 114 cm³/mol. The van der Waals surface area contributed by atoms with Gasteiger partial charge >= 0.3 is 0 Å². The van der Waals surface area contributed by atoms with Crippen LogP contribution in [0.3, 0.4) is 0 Å². The number of hydrogen-bond acceptors (Lipinski definition) is 3. The normalized spacial score (nSPS) is 22.0. The van der Waals surface area contributed by atoms with Gasteiger partial charge in [0.1, 0.15) is 0 Å². The molecule has 3 aromatic rings. The number of hydrogen-bond donors (Lipinski definition) is 0. The van der Waals surface area contributed by atoms with Crippen LogP contribution in [-0.2, 0) is 6.54 Å². The molecule has 0 saturated carbocycles. The Labute approximate surface area is 171 Å². The number of piperidine rings is 1. The third-order valence-corrected chi connectivity index (χ3v) is 6.77. The van der Waals surface area contributed by atoms with Crippen molar-refractivity contribution in [1.29, 1.82) is 0 Å². The molecule has 2 atom stereocenters. The number of fused-ring (bicyclic) bond motifs is 6. The van der Waals surface area contributed by atoms with Crippen molar-refractivity contribution in [3.05, 3.63) is 82.9 Å². The number of nitrogens with zero attached hydrogens (tertiary/aromatic N) is 1. The summed E-state index contributed by atoms with van der Waals surface area (Å²) in [6.07, 6.45) is 2.50. The average Bonchev–Trinajstić information content (AvgIpc) is 3.32. The van der Waals surface area contributed by atoms with Crippen LogP contribution in [0.4, 0.5) is 0 Å². The topological polar surface area (TPSA) is 21.7 Å². The maximum atomic E-state index is 5.58. The van der Waals surface area contributed by atoms with Gasteiger partial charge in [-0.05, 0) is 78.2 Å². The molecule has 0 radical (unpaired) electrons. The smallest absolute Gasteiger partial charge is 0.231 e. The zero-order valence-electron chi connectivity index (χ0n) is 16.7. The molecule has 0 spiro atoms. The Morgan fingerprint density at radius 2 is 1.79 bits per heavy atom. The van der Waals surface area contributed by atoms with Gasteiger partial charge in [-0.1, -0.05) is 48.0 Å². The van der Waals surface area contributed by atoms with Gasteiger partial charge in [0, 0.05) is 12.6 Å². The van der Waals surface area contributed by atoms with Crippen LogP contribution in [0.5, 0.6) is 11.5 Å². The molecule has 1 saturated heterocycles. The molecular formula is C26H25NO2. The number of benzene rings is 3. The quantitative estimate of drug-likeness (QED) is 0.568. The molecule has 1 aliphatic carbocycles. The first-order chi connectivity index (χ1) is 14.2. The second kappa shape index (κ2) is 6.64. The fourth-order valence-electron chi connectivity index (χ4n) is 5.32. The van der Waals surface area contributed by atoms with Crippen LogP contribution < -0.4 is 9.47 Å². The van der Waals surface area contributed by atoms with Crippen molar-refractivity contribution >= 4 is 0 Å². The van der Waals surface area contributed by atoms with Gasteiger partial charge in [-0.25, -0.2) is 0 Å². The maximum Gasteiger partial charge on any atom is 0.231 e. The molecule has 2 aliphatic heterocycles. The summed E-state index contributed by atoms with van der Waals surface area (Å²) < 4.78 is 11.0. The van der Waals surface area contributed by atoms with Gasteiger partial charge in [-0.3, -0.25) is 4.90 Å². The van der Waals surface area contributed by atoms with Crippen molar-refractivity contribution in [2.24, 2.45) is 0 Å². The van der Waals surface area contributed by atoms with Gasteiger partial charge < -0.3 is 9.47 Å². The molecule has 3 nitrogen and oxygen atoms in total. The lowest BCUT2D eigenvalue weighted by Gasteiger charge is -2.33. The maximum absolute atomic E-state index is 5.58. The van der Waals surface area contributed by atoms with Gasteiger partial charge in [0.15, 0.2) is 11.5 Å². The molecule has 146 valence electrons. The Hall–Kier alpha value is -2.78. The standard InChI is InChI=1S/C26H25NO2/c1-17-3-2-4-19(11-17)20-6-7-22-21-9-10-27(24(14-21)23(22)13-20)15-18-5-8-25-26(12-18)29-16-28-25/h2-8,11-13,21,24H,9-10,14-16H2,1H3/t21-,24-/m1/s1. The summed E-state index contributed by atoms with van der Waals surface area (Å²) in [4.78, 5) is 2.65. The molecule has 0 aromatic heterocycles. The van der Waals surface area contributed by atoms with Crippen molar-refractivity contribution in [2.75, 3.05) is 13.3 Å². The van der Waals surface area contributed by atoms with E-state index in [1.54, 1.807) is 5.56 Å². The van der Waals surface area contributed by atoms with E-state index in [0.717, 1.165) is 30.5 Å². The zero-order chi connectivity index (χ0) is 19.4. The summed E-state index contributed by atoms with van der Waals surface area (Å²) in [6.45, 7) is 4.61.